The summed E-state index contributed by atoms with van der Waals surface area (Å²) in [5, 5.41) is 3.97. The topological polar surface area (TPSA) is 90.0 Å². The summed E-state index contributed by atoms with van der Waals surface area (Å²) in [6, 6.07) is 3.41. The first-order chi connectivity index (χ1) is 9.92. The molecule has 0 aliphatic heterocycles. The third-order valence-electron chi connectivity index (χ3n) is 2.80. The average molecular weight is 316 g/mol. The predicted molar refractivity (Wildman–Crippen MR) is 72.8 cm³/mol. The number of nitrogens with one attached hydrogen (secondary N) is 1. The van der Waals surface area contributed by atoms with Gasteiger partial charge in [-0.3, -0.25) is 4.68 Å². The van der Waals surface area contributed by atoms with Crippen LogP contribution in [0, 0.1) is 11.6 Å². The molecule has 0 aliphatic carbocycles. The molecule has 2 aromatic rings. The molecule has 0 bridgehead atoms. The Morgan fingerprint density at radius 1 is 1.33 bits per heavy atom. The number of aromatic nitrogens is 2. The minimum atomic E-state index is -4.07. The van der Waals surface area contributed by atoms with Crippen LogP contribution in [0.1, 0.15) is 6.42 Å². The monoisotopic (exact) mass is 316 g/mol. The maximum Gasteiger partial charge on any atom is 0.243 e. The highest BCUT2D eigenvalue weighted by Gasteiger charge is 2.22. The van der Waals surface area contributed by atoms with E-state index in [0.717, 1.165) is 12.1 Å². The Hall–Kier alpha value is -2.00. The number of sulfonamides is 1. The summed E-state index contributed by atoms with van der Waals surface area (Å²) in [7, 11) is -4.07. The van der Waals surface area contributed by atoms with E-state index in [9.17, 15) is 17.2 Å². The molecule has 0 saturated heterocycles. The van der Waals surface area contributed by atoms with Crippen molar-refractivity contribution in [1.82, 2.24) is 14.5 Å². The third-order valence-corrected chi connectivity index (χ3v) is 4.27. The average Bonchev–Trinajstić information content (AvgIpc) is 2.94. The van der Waals surface area contributed by atoms with Gasteiger partial charge in [-0.15, -0.1) is 0 Å². The summed E-state index contributed by atoms with van der Waals surface area (Å²) in [5.74, 6) is -2.28. The van der Waals surface area contributed by atoms with E-state index in [4.69, 9.17) is 5.73 Å². The lowest BCUT2D eigenvalue weighted by molar-refractivity contribution is 0.537. The van der Waals surface area contributed by atoms with Crippen molar-refractivity contribution in [3.8, 4) is 0 Å². The van der Waals surface area contributed by atoms with Gasteiger partial charge in [-0.25, -0.2) is 21.9 Å². The molecule has 2 rings (SSSR count). The molecule has 3 N–H and O–H groups in total. The lowest BCUT2D eigenvalue weighted by Gasteiger charge is -2.09. The molecule has 114 valence electrons. The molecule has 21 heavy (non-hydrogen) atoms. The maximum absolute atomic E-state index is 13.7. The highest BCUT2D eigenvalue weighted by molar-refractivity contribution is 7.89. The standard InChI is InChI=1S/C12H14F2N4O2S/c13-9-3-4-10(11(14)12(9)15)21(19,20)17-6-2-8-18-7-1-5-16-18/h1,3-5,7,17H,2,6,8,15H2. The summed E-state index contributed by atoms with van der Waals surface area (Å²) >= 11 is 0. The SMILES string of the molecule is Nc1c(F)ccc(S(=O)(=O)NCCCn2cccn2)c1F. The largest absolute Gasteiger partial charge is 0.394 e. The van der Waals surface area contributed by atoms with Crippen molar-refractivity contribution >= 4 is 15.7 Å². The van der Waals surface area contributed by atoms with E-state index in [0.29, 0.717) is 13.0 Å². The molecule has 1 heterocycles. The molecule has 1 aromatic heterocycles. The second kappa shape index (κ2) is 6.19. The Morgan fingerprint density at radius 2 is 2.10 bits per heavy atom. The van der Waals surface area contributed by atoms with Crippen molar-refractivity contribution in [2.24, 2.45) is 0 Å². The molecule has 0 radical (unpaired) electrons. The highest BCUT2D eigenvalue weighted by atomic mass is 32.2. The Labute approximate surface area is 120 Å². The maximum atomic E-state index is 13.7. The van der Waals surface area contributed by atoms with Crippen LogP contribution in [0.3, 0.4) is 0 Å². The highest BCUT2D eigenvalue weighted by Crippen LogP contribution is 2.22. The lowest BCUT2D eigenvalue weighted by atomic mass is 10.3. The van der Waals surface area contributed by atoms with Crippen LogP contribution in [0.4, 0.5) is 14.5 Å². The van der Waals surface area contributed by atoms with Crippen molar-refractivity contribution in [2.45, 2.75) is 17.9 Å². The fourth-order valence-corrected chi connectivity index (χ4v) is 2.88. The van der Waals surface area contributed by atoms with Crippen LogP contribution in [-0.4, -0.2) is 24.7 Å². The van der Waals surface area contributed by atoms with Gasteiger partial charge in [0.15, 0.2) is 5.82 Å². The van der Waals surface area contributed by atoms with Gasteiger partial charge in [0, 0.05) is 25.5 Å². The molecule has 0 saturated carbocycles. The Morgan fingerprint density at radius 3 is 2.76 bits per heavy atom. The van der Waals surface area contributed by atoms with Crippen LogP contribution in [0.5, 0.6) is 0 Å². The Balaban J connectivity index is 2.00. The van der Waals surface area contributed by atoms with Gasteiger partial charge < -0.3 is 5.73 Å². The zero-order chi connectivity index (χ0) is 15.5. The van der Waals surface area contributed by atoms with Gasteiger partial charge in [0.25, 0.3) is 0 Å². The van der Waals surface area contributed by atoms with E-state index in [1.165, 1.54) is 0 Å². The van der Waals surface area contributed by atoms with Crippen LogP contribution in [0.15, 0.2) is 35.5 Å². The predicted octanol–water partition coefficient (Wildman–Crippen LogP) is 1.11. The van der Waals surface area contributed by atoms with E-state index in [1.54, 1.807) is 23.1 Å². The first kappa shape index (κ1) is 15.4. The second-order valence-electron chi connectivity index (χ2n) is 4.29. The molecule has 0 amide bonds. The van der Waals surface area contributed by atoms with E-state index in [1.807, 2.05) is 0 Å². The van der Waals surface area contributed by atoms with Crippen molar-refractivity contribution in [1.29, 1.82) is 0 Å². The van der Waals surface area contributed by atoms with E-state index < -0.39 is 32.2 Å². The summed E-state index contributed by atoms with van der Waals surface area (Å²) in [5.41, 5.74) is 4.33. The zero-order valence-electron chi connectivity index (χ0n) is 11.0. The Bertz CT molecular complexity index is 717. The fourth-order valence-electron chi connectivity index (χ4n) is 1.71. The number of nitrogens with zero attached hydrogens (tertiary/aromatic N) is 2. The van der Waals surface area contributed by atoms with Crippen molar-refractivity contribution in [3.63, 3.8) is 0 Å². The van der Waals surface area contributed by atoms with Gasteiger partial charge in [-0.1, -0.05) is 0 Å². The van der Waals surface area contributed by atoms with E-state index in [-0.39, 0.29) is 6.54 Å². The first-order valence-corrected chi connectivity index (χ1v) is 7.60. The minimum absolute atomic E-state index is 0.0961. The number of nitrogens with two attached hydrogens (primary N) is 1. The Kier molecular flexibility index (Phi) is 4.53. The van der Waals surface area contributed by atoms with Crippen LogP contribution >= 0.6 is 0 Å². The van der Waals surface area contributed by atoms with Crippen molar-refractivity contribution < 1.29 is 17.2 Å². The number of anilines is 1. The molecular weight excluding hydrogens is 302 g/mol. The molecule has 9 heteroatoms. The number of halogens is 2. The van der Waals surface area contributed by atoms with Gasteiger partial charge in [0.2, 0.25) is 10.0 Å². The molecule has 0 unspecified atom stereocenters. The molecule has 1 aromatic carbocycles. The second-order valence-corrected chi connectivity index (χ2v) is 6.03. The van der Waals surface area contributed by atoms with Crippen molar-refractivity contribution in [3.05, 3.63) is 42.2 Å². The van der Waals surface area contributed by atoms with E-state index in [2.05, 4.69) is 9.82 Å². The number of aryl methyl sites for hydroxylation is 1. The van der Waals surface area contributed by atoms with Gasteiger partial charge in [0.1, 0.15) is 16.4 Å². The van der Waals surface area contributed by atoms with Crippen LogP contribution < -0.4 is 10.5 Å². The summed E-state index contributed by atoms with van der Waals surface area (Å²) in [6.07, 6.45) is 3.83. The van der Waals surface area contributed by atoms with Gasteiger partial charge in [-0.05, 0) is 24.6 Å². The molecule has 6 nitrogen and oxygen atoms in total. The molecular formula is C12H14F2N4O2S. The number of benzene rings is 1. The fraction of sp³-hybridized carbons (Fsp3) is 0.250. The number of rotatable bonds is 6. The quantitative estimate of drug-likeness (QED) is 0.617. The lowest BCUT2D eigenvalue weighted by Crippen LogP contribution is -2.26. The zero-order valence-corrected chi connectivity index (χ0v) is 11.8. The van der Waals surface area contributed by atoms with Gasteiger partial charge in [0.05, 0.1) is 0 Å². The molecule has 0 spiro atoms. The molecule has 0 fully saturated rings. The number of hydrogen-bond donors (Lipinski definition) is 2. The normalized spacial score (nSPS) is 11.7. The van der Waals surface area contributed by atoms with Gasteiger partial charge >= 0.3 is 0 Å². The number of hydrogen-bond acceptors (Lipinski definition) is 4. The van der Waals surface area contributed by atoms with Crippen molar-refractivity contribution in [2.75, 3.05) is 12.3 Å². The van der Waals surface area contributed by atoms with Gasteiger partial charge in [-0.2, -0.15) is 5.10 Å². The van der Waals surface area contributed by atoms with E-state index >= 15 is 0 Å². The van der Waals surface area contributed by atoms with Crippen LogP contribution in [-0.2, 0) is 16.6 Å². The van der Waals surface area contributed by atoms with Crippen LogP contribution in [0.25, 0.3) is 0 Å². The van der Waals surface area contributed by atoms with Crippen LogP contribution in [0.2, 0.25) is 0 Å². The molecule has 0 atom stereocenters. The summed E-state index contributed by atoms with van der Waals surface area (Å²) in [6.45, 7) is 0.614. The third kappa shape index (κ3) is 3.56. The summed E-state index contributed by atoms with van der Waals surface area (Å²) < 4.78 is 54.4. The molecule has 0 aliphatic rings. The summed E-state index contributed by atoms with van der Waals surface area (Å²) in [4.78, 5) is -0.666. The first-order valence-electron chi connectivity index (χ1n) is 6.12. The minimum Gasteiger partial charge on any atom is -0.394 e. The number of nitrogen functional groups attached to an aromatic ring is 1. The smallest absolute Gasteiger partial charge is 0.243 e.